The van der Waals surface area contributed by atoms with Crippen LogP contribution in [-0.4, -0.2) is 16.1 Å². The van der Waals surface area contributed by atoms with Crippen molar-refractivity contribution in [3.05, 3.63) is 89.6 Å². The van der Waals surface area contributed by atoms with Gasteiger partial charge in [-0.3, -0.25) is 4.79 Å². The lowest BCUT2D eigenvalue weighted by Crippen LogP contribution is -2.24. The second kappa shape index (κ2) is 7.87. The third kappa shape index (κ3) is 4.39. The number of nitrogens with zero attached hydrogens (tertiary/aromatic N) is 2. The summed E-state index contributed by atoms with van der Waals surface area (Å²) in [7, 11) is 0. The third-order valence-corrected chi connectivity index (χ3v) is 3.51. The number of nitrogens with one attached hydrogen (secondary N) is 2. The van der Waals surface area contributed by atoms with E-state index in [1.807, 2.05) is 60.7 Å². The molecule has 0 aliphatic heterocycles. The van der Waals surface area contributed by atoms with Gasteiger partial charge in [0, 0.05) is 13.1 Å². The Hall–Kier alpha value is -3.21. The van der Waals surface area contributed by atoms with Gasteiger partial charge < -0.3 is 10.6 Å². The predicted molar refractivity (Wildman–Crippen MR) is 93.4 cm³/mol. The van der Waals surface area contributed by atoms with Gasteiger partial charge in [-0.05, 0) is 23.3 Å². The Bertz CT molecular complexity index is 773. The average molecular weight is 318 g/mol. The molecule has 3 rings (SSSR count). The van der Waals surface area contributed by atoms with Crippen LogP contribution in [0.3, 0.4) is 0 Å². The summed E-state index contributed by atoms with van der Waals surface area (Å²) >= 11 is 0. The molecular formula is C19H18N4O. The SMILES string of the molecule is O=C(NCc1ccccc1)c1ccc(NCc2ccccc2)nn1. The summed E-state index contributed by atoms with van der Waals surface area (Å²) in [6.07, 6.45) is 0. The first kappa shape index (κ1) is 15.7. The van der Waals surface area contributed by atoms with Gasteiger partial charge in [-0.15, -0.1) is 10.2 Å². The molecule has 0 unspecified atom stereocenters. The number of benzene rings is 2. The van der Waals surface area contributed by atoms with Crippen LogP contribution < -0.4 is 10.6 Å². The molecular weight excluding hydrogens is 300 g/mol. The second-order valence-electron chi connectivity index (χ2n) is 5.31. The highest BCUT2D eigenvalue weighted by molar-refractivity contribution is 5.92. The smallest absolute Gasteiger partial charge is 0.272 e. The highest BCUT2D eigenvalue weighted by Crippen LogP contribution is 2.06. The van der Waals surface area contributed by atoms with E-state index in [-0.39, 0.29) is 5.91 Å². The average Bonchev–Trinajstić information content (AvgIpc) is 2.66. The van der Waals surface area contributed by atoms with E-state index in [0.29, 0.717) is 24.6 Å². The molecule has 0 radical (unpaired) electrons. The number of hydrogen-bond acceptors (Lipinski definition) is 4. The van der Waals surface area contributed by atoms with Crippen LogP contribution in [0.4, 0.5) is 5.82 Å². The molecule has 0 fully saturated rings. The Labute approximate surface area is 140 Å². The molecule has 2 N–H and O–H groups in total. The van der Waals surface area contributed by atoms with E-state index in [9.17, 15) is 4.79 Å². The van der Waals surface area contributed by atoms with Crippen molar-refractivity contribution < 1.29 is 4.79 Å². The van der Waals surface area contributed by atoms with Crippen molar-refractivity contribution in [3.8, 4) is 0 Å². The standard InChI is InChI=1S/C19H18N4O/c24-19(21-14-16-9-5-2-6-10-16)17-11-12-18(23-22-17)20-13-15-7-3-1-4-8-15/h1-12H,13-14H2,(H,20,23)(H,21,24). The zero-order chi connectivity index (χ0) is 16.6. The molecule has 24 heavy (non-hydrogen) atoms. The zero-order valence-corrected chi connectivity index (χ0v) is 13.1. The van der Waals surface area contributed by atoms with E-state index < -0.39 is 0 Å². The molecule has 1 aromatic heterocycles. The van der Waals surface area contributed by atoms with Gasteiger partial charge in [-0.1, -0.05) is 60.7 Å². The summed E-state index contributed by atoms with van der Waals surface area (Å²) in [5.41, 5.74) is 2.50. The van der Waals surface area contributed by atoms with Crippen molar-refractivity contribution in [2.24, 2.45) is 0 Å². The van der Waals surface area contributed by atoms with Crippen molar-refractivity contribution in [2.45, 2.75) is 13.1 Å². The fraction of sp³-hybridized carbons (Fsp3) is 0.105. The molecule has 2 aromatic carbocycles. The van der Waals surface area contributed by atoms with Crippen molar-refractivity contribution in [2.75, 3.05) is 5.32 Å². The Morgan fingerprint density at radius 3 is 1.96 bits per heavy atom. The van der Waals surface area contributed by atoms with Gasteiger partial charge in [0.1, 0.15) is 5.82 Å². The molecule has 3 aromatic rings. The first-order valence-corrected chi connectivity index (χ1v) is 7.75. The minimum Gasteiger partial charge on any atom is -0.365 e. The number of aromatic nitrogens is 2. The fourth-order valence-corrected chi connectivity index (χ4v) is 2.20. The van der Waals surface area contributed by atoms with Gasteiger partial charge in [0.05, 0.1) is 0 Å². The first-order valence-electron chi connectivity index (χ1n) is 7.75. The maximum absolute atomic E-state index is 12.1. The van der Waals surface area contributed by atoms with Crippen LogP contribution >= 0.6 is 0 Å². The van der Waals surface area contributed by atoms with Gasteiger partial charge in [0.25, 0.3) is 5.91 Å². The Morgan fingerprint density at radius 1 is 0.750 bits per heavy atom. The number of amides is 1. The summed E-state index contributed by atoms with van der Waals surface area (Å²) in [6.45, 7) is 1.13. The molecule has 0 spiro atoms. The van der Waals surface area contributed by atoms with Crippen molar-refractivity contribution in [1.29, 1.82) is 0 Å². The lowest BCUT2D eigenvalue weighted by molar-refractivity contribution is 0.0945. The van der Waals surface area contributed by atoms with Crippen molar-refractivity contribution >= 4 is 11.7 Å². The zero-order valence-electron chi connectivity index (χ0n) is 13.1. The molecule has 1 heterocycles. The van der Waals surface area contributed by atoms with E-state index >= 15 is 0 Å². The molecule has 1 amide bonds. The molecule has 120 valence electrons. The van der Waals surface area contributed by atoms with E-state index in [1.165, 1.54) is 0 Å². The summed E-state index contributed by atoms with van der Waals surface area (Å²) < 4.78 is 0. The van der Waals surface area contributed by atoms with Crippen LogP contribution in [0.5, 0.6) is 0 Å². The number of rotatable bonds is 6. The summed E-state index contributed by atoms with van der Waals surface area (Å²) in [6, 6.07) is 23.2. The maximum atomic E-state index is 12.1. The number of hydrogen-bond donors (Lipinski definition) is 2. The van der Waals surface area contributed by atoms with Gasteiger partial charge >= 0.3 is 0 Å². The van der Waals surface area contributed by atoms with E-state index in [4.69, 9.17) is 0 Å². The molecule has 5 heteroatoms. The van der Waals surface area contributed by atoms with Crippen LogP contribution in [0, 0.1) is 0 Å². The van der Waals surface area contributed by atoms with Gasteiger partial charge in [0.15, 0.2) is 5.69 Å². The minimum absolute atomic E-state index is 0.235. The summed E-state index contributed by atoms with van der Waals surface area (Å²) in [5, 5.41) is 14.0. The van der Waals surface area contributed by atoms with E-state index in [1.54, 1.807) is 12.1 Å². The Balaban J connectivity index is 1.53. The lowest BCUT2D eigenvalue weighted by atomic mass is 10.2. The van der Waals surface area contributed by atoms with E-state index in [2.05, 4.69) is 20.8 Å². The first-order chi connectivity index (χ1) is 11.8. The molecule has 0 saturated heterocycles. The molecule has 0 atom stereocenters. The monoisotopic (exact) mass is 318 g/mol. The summed E-state index contributed by atoms with van der Waals surface area (Å²) in [4.78, 5) is 12.1. The van der Waals surface area contributed by atoms with Crippen LogP contribution in [0.2, 0.25) is 0 Å². The highest BCUT2D eigenvalue weighted by atomic mass is 16.1. The van der Waals surface area contributed by atoms with Crippen LogP contribution in [0.15, 0.2) is 72.8 Å². The van der Waals surface area contributed by atoms with Gasteiger partial charge in [-0.25, -0.2) is 0 Å². The molecule has 0 saturated carbocycles. The Morgan fingerprint density at radius 2 is 1.38 bits per heavy atom. The minimum atomic E-state index is -0.235. The topological polar surface area (TPSA) is 66.9 Å². The van der Waals surface area contributed by atoms with Gasteiger partial charge in [0.2, 0.25) is 0 Å². The fourth-order valence-electron chi connectivity index (χ4n) is 2.20. The predicted octanol–water partition coefficient (Wildman–Crippen LogP) is 3.02. The van der Waals surface area contributed by atoms with Crippen LogP contribution in [0.25, 0.3) is 0 Å². The number of carbonyl (C=O) groups is 1. The van der Waals surface area contributed by atoms with E-state index in [0.717, 1.165) is 11.1 Å². The quantitative estimate of drug-likeness (QED) is 0.733. The van der Waals surface area contributed by atoms with Crippen LogP contribution in [-0.2, 0) is 13.1 Å². The Kier molecular flexibility index (Phi) is 5.14. The third-order valence-electron chi connectivity index (χ3n) is 3.51. The van der Waals surface area contributed by atoms with Crippen molar-refractivity contribution in [1.82, 2.24) is 15.5 Å². The molecule has 0 bridgehead atoms. The van der Waals surface area contributed by atoms with Crippen molar-refractivity contribution in [3.63, 3.8) is 0 Å². The molecule has 0 aliphatic carbocycles. The maximum Gasteiger partial charge on any atom is 0.272 e. The largest absolute Gasteiger partial charge is 0.365 e. The second-order valence-corrected chi connectivity index (χ2v) is 5.31. The van der Waals surface area contributed by atoms with Gasteiger partial charge in [-0.2, -0.15) is 0 Å². The van der Waals surface area contributed by atoms with Crippen LogP contribution in [0.1, 0.15) is 21.6 Å². The highest BCUT2D eigenvalue weighted by Gasteiger charge is 2.07. The number of anilines is 1. The summed E-state index contributed by atoms with van der Waals surface area (Å²) in [5.74, 6) is 0.402. The molecule has 5 nitrogen and oxygen atoms in total. The number of carbonyl (C=O) groups excluding carboxylic acids is 1. The molecule has 0 aliphatic rings. The lowest BCUT2D eigenvalue weighted by Gasteiger charge is -2.07. The normalized spacial score (nSPS) is 10.2.